The van der Waals surface area contributed by atoms with Crippen molar-refractivity contribution in [2.75, 3.05) is 0 Å². The molecule has 0 aliphatic heterocycles. The number of rotatable bonds is 32. The maximum Gasteiger partial charge on any atom is 0.0819 e. The van der Waals surface area contributed by atoms with Crippen LogP contribution in [0.15, 0.2) is 5.38 Å². The Morgan fingerprint density at radius 1 is 0.400 bits per heavy atom. The van der Waals surface area contributed by atoms with E-state index in [-0.39, 0.29) is 0 Å². The van der Waals surface area contributed by atoms with Gasteiger partial charge in [0.25, 0.3) is 0 Å². The topological polar surface area (TPSA) is 0 Å². The van der Waals surface area contributed by atoms with Gasteiger partial charge in [-0.05, 0) is 42.2 Å². The van der Waals surface area contributed by atoms with Gasteiger partial charge in [-0.3, -0.25) is 0 Å². The van der Waals surface area contributed by atoms with Crippen molar-refractivity contribution < 1.29 is 0 Å². The molecule has 4 aromatic heterocycles. The van der Waals surface area contributed by atoms with Crippen LogP contribution in [0.4, 0.5) is 0 Å². The van der Waals surface area contributed by atoms with Crippen LogP contribution >= 0.6 is 45.3 Å². The van der Waals surface area contributed by atoms with Gasteiger partial charge in [0.2, 0.25) is 0 Å². The van der Waals surface area contributed by atoms with E-state index < -0.39 is 0 Å². The Balaban J connectivity index is 1.09. The number of hydrogen-bond donors (Lipinski definition) is 0. The first kappa shape index (κ1) is 41.9. The molecule has 0 aromatic carbocycles. The molecule has 0 saturated carbocycles. The third kappa shape index (κ3) is 14.2. The third-order valence-corrected chi connectivity index (χ3v) is 16.4. The normalized spacial score (nSPS) is 11.9. The van der Waals surface area contributed by atoms with E-state index in [2.05, 4.69) is 36.5 Å². The Bertz CT molecular complexity index is 1470. The first-order valence-electron chi connectivity index (χ1n) is 21.6. The number of hydrogen-bond acceptors (Lipinski definition) is 4. The van der Waals surface area contributed by atoms with Crippen molar-refractivity contribution in [1.29, 1.82) is 0 Å². The molecule has 4 heteroatoms. The van der Waals surface area contributed by atoms with Crippen molar-refractivity contribution >= 4 is 73.5 Å². The summed E-state index contributed by atoms with van der Waals surface area (Å²) in [5, 5.41) is 2.47. The Morgan fingerprint density at radius 2 is 0.760 bits per heavy atom. The van der Waals surface area contributed by atoms with Crippen molar-refractivity contribution in [2.24, 2.45) is 0 Å². The average molecular weight is 753 g/mol. The van der Waals surface area contributed by atoms with Gasteiger partial charge in [0.05, 0.1) is 33.1 Å². The van der Waals surface area contributed by atoms with Crippen LogP contribution in [-0.4, -0.2) is 0 Å². The minimum absolute atomic E-state index is 1.16. The second-order valence-electron chi connectivity index (χ2n) is 15.4. The molecule has 0 bridgehead atoms. The van der Waals surface area contributed by atoms with Crippen LogP contribution in [0.3, 0.4) is 0 Å². The number of thiophene rings is 4. The highest BCUT2D eigenvalue weighted by atomic mass is 32.1. The lowest BCUT2D eigenvalue weighted by atomic mass is 10.0. The molecule has 0 fully saturated rings. The smallest absolute Gasteiger partial charge is 0.0819 e. The zero-order chi connectivity index (χ0) is 35.1. The molecule has 0 aliphatic carbocycles. The number of unbranched alkanes of at least 4 members (excludes halogenated alkanes) is 28. The number of aryl methyl sites for hydroxylation is 2. The summed E-state index contributed by atoms with van der Waals surface area (Å²) >= 11 is 8.01. The SMILES string of the molecule is C#Cc1sc2c(sc3c4scc(CCCCCCCCCCCCCCCCC)c4sc23)c1CCCCCCCCCCCCCCCCC. The molecule has 4 rings (SSSR count). The fourth-order valence-electron chi connectivity index (χ4n) is 7.83. The molecular formula is C46H72S4. The van der Waals surface area contributed by atoms with E-state index >= 15 is 0 Å². The van der Waals surface area contributed by atoms with E-state index in [0.717, 1.165) is 6.42 Å². The van der Waals surface area contributed by atoms with Crippen LogP contribution in [0.1, 0.15) is 222 Å². The van der Waals surface area contributed by atoms with Gasteiger partial charge in [-0.15, -0.1) is 51.8 Å². The lowest BCUT2D eigenvalue weighted by Gasteiger charge is -2.04. The summed E-state index contributed by atoms with van der Waals surface area (Å²) in [5.74, 6) is 3.08. The zero-order valence-corrected chi connectivity index (χ0v) is 35.7. The molecule has 0 aliphatic rings. The largest absolute Gasteiger partial charge is 0.141 e. The molecular weight excluding hydrogens is 681 g/mol. The minimum atomic E-state index is 1.16. The van der Waals surface area contributed by atoms with Gasteiger partial charge >= 0.3 is 0 Å². The van der Waals surface area contributed by atoms with E-state index in [4.69, 9.17) is 6.42 Å². The number of fused-ring (bicyclic) bond motifs is 5. The van der Waals surface area contributed by atoms with Crippen LogP contribution < -0.4 is 0 Å². The molecule has 4 aromatic rings. The zero-order valence-electron chi connectivity index (χ0n) is 32.4. The van der Waals surface area contributed by atoms with Gasteiger partial charge < -0.3 is 0 Å². The number of terminal acetylenes is 1. The molecule has 4 heterocycles. The van der Waals surface area contributed by atoms with Crippen molar-refractivity contribution in [3.63, 3.8) is 0 Å². The summed E-state index contributed by atoms with van der Waals surface area (Å²) in [7, 11) is 0. The van der Waals surface area contributed by atoms with Crippen molar-refractivity contribution in [2.45, 2.75) is 219 Å². The maximum absolute atomic E-state index is 6.07. The molecule has 0 saturated heterocycles. The molecule has 0 radical (unpaired) electrons. The van der Waals surface area contributed by atoms with E-state index in [1.54, 1.807) is 19.7 Å². The van der Waals surface area contributed by atoms with E-state index in [1.165, 1.54) is 224 Å². The first-order valence-corrected chi connectivity index (χ1v) is 24.9. The summed E-state index contributed by atoms with van der Waals surface area (Å²) in [6.07, 6.45) is 51.2. The highest BCUT2D eigenvalue weighted by Crippen LogP contribution is 2.51. The van der Waals surface area contributed by atoms with Crippen LogP contribution in [-0.2, 0) is 12.8 Å². The van der Waals surface area contributed by atoms with Crippen LogP contribution in [0.25, 0.3) is 28.2 Å². The van der Waals surface area contributed by atoms with Gasteiger partial charge in [-0.1, -0.05) is 200 Å². The van der Waals surface area contributed by atoms with E-state index in [1.807, 2.05) is 34.0 Å². The minimum Gasteiger partial charge on any atom is -0.141 e. The molecule has 280 valence electrons. The van der Waals surface area contributed by atoms with Crippen molar-refractivity contribution in [1.82, 2.24) is 0 Å². The quantitative estimate of drug-likeness (QED) is 0.0344. The highest BCUT2D eigenvalue weighted by Gasteiger charge is 2.21. The molecule has 50 heavy (non-hydrogen) atoms. The fourth-order valence-corrected chi connectivity index (χ4v) is 13.7. The summed E-state index contributed by atoms with van der Waals surface area (Å²) < 4.78 is 9.18. The highest BCUT2D eigenvalue weighted by molar-refractivity contribution is 7.44. The Labute approximate surface area is 324 Å². The van der Waals surface area contributed by atoms with Crippen molar-refractivity contribution in [3.05, 3.63) is 21.4 Å². The van der Waals surface area contributed by atoms with E-state index in [9.17, 15) is 0 Å². The summed E-state index contributed by atoms with van der Waals surface area (Å²) in [6, 6.07) is 0. The predicted octanol–water partition coefficient (Wildman–Crippen LogP) is 18.2. The summed E-state index contributed by atoms with van der Waals surface area (Å²) in [5.41, 5.74) is 3.09. The van der Waals surface area contributed by atoms with Crippen LogP contribution in [0.5, 0.6) is 0 Å². The monoisotopic (exact) mass is 752 g/mol. The van der Waals surface area contributed by atoms with Gasteiger partial charge in [-0.25, -0.2) is 0 Å². The van der Waals surface area contributed by atoms with Gasteiger partial charge in [0.1, 0.15) is 0 Å². The maximum atomic E-state index is 6.07. The van der Waals surface area contributed by atoms with Gasteiger partial charge in [0, 0.05) is 0 Å². The molecule has 0 amide bonds. The van der Waals surface area contributed by atoms with Gasteiger partial charge in [0.15, 0.2) is 0 Å². The molecule has 0 spiro atoms. The summed E-state index contributed by atoms with van der Waals surface area (Å²) in [6.45, 7) is 4.61. The summed E-state index contributed by atoms with van der Waals surface area (Å²) in [4.78, 5) is 1.20. The Hall–Kier alpha value is -0.860. The van der Waals surface area contributed by atoms with Crippen molar-refractivity contribution in [3.8, 4) is 12.3 Å². The molecule has 0 unspecified atom stereocenters. The second kappa shape index (κ2) is 26.0. The lowest BCUT2D eigenvalue weighted by molar-refractivity contribution is 0.532. The second-order valence-corrected chi connectivity index (χ2v) is 19.3. The van der Waals surface area contributed by atoms with Crippen LogP contribution in [0.2, 0.25) is 0 Å². The lowest BCUT2D eigenvalue weighted by Crippen LogP contribution is -1.87. The predicted molar refractivity (Wildman–Crippen MR) is 236 cm³/mol. The average Bonchev–Trinajstić information content (AvgIpc) is 3.87. The fraction of sp³-hybridized carbons (Fsp3) is 0.739. The molecule has 0 atom stereocenters. The molecule has 0 N–H and O–H groups in total. The Morgan fingerprint density at radius 3 is 1.20 bits per heavy atom. The third-order valence-electron chi connectivity index (χ3n) is 11.0. The molecule has 0 nitrogen and oxygen atoms in total. The van der Waals surface area contributed by atoms with Gasteiger partial charge in [-0.2, -0.15) is 0 Å². The first-order chi connectivity index (χ1) is 24.8. The standard InChI is InChI=1S/C46H72S4/c1-4-7-9-11-13-15-17-19-21-23-25-27-29-31-33-35-38-37-47-43-41(38)49-46-44-42(50-45(43)46)39(40(6-3)48-44)36-34-32-30-28-26-24-22-20-18-16-14-12-10-8-5-2/h3,37H,4-5,7-36H2,1-2H3. The van der Waals surface area contributed by atoms with Crippen LogP contribution in [0, 0.1) is 12.3 Å². The Kier molecular flexibility index (Phi) is 21.8. The van der Waals surface area contributed by atoms with E-state index in [0.29, 0.717) is 0 Å².